The highest BCUT2D eigenvalue weighted by atomic mass is 35.5. The van der Waals surface area contributed by atoms with Gasteiger partial charge in [0.1, 0.15) is 5.75 Å². The van der Waals surface area contributed by atoms with Gasteiger partial charge in [-0.2, -0.15) is 0 Å². The molecule has 0 aromatic heterocycles. The minimum atomic E-state index is -0.754. The van der Waals surface area contributed by atoms with Crippen molar-refractivity contribution in [1.82, 2.24) is 0 Å². The largest absolute Gasteiger partial charge is 0.496 e. The van der Waals surface area contributed by atoms with E-state index < -0.39 is 5.97 Å². The van der Waals surface area contributed by atoms with E-state index in [4.69, 9.17) is 21.4 Å². The number of benzene rings is 1. The van der Waals surface area contributed by atoms with Crippen molar-refractivity contribution in [3.63, 3.8) is 0 Å². The quantitative estimate of drug-likeness (QED) is 0.849. The number of aliphatic carboxylic acids is 1. The van der Waals surface area contributed by atoms with Crippen LogP contribution in [0.5, 0.6) is 5.75 Å². The molecule has 0 bridgehead atoms. The highest BCUT2D eigenvalue weighted by molar-refractivity contribution is 6.30. The van der Waals surface area contributed by atoms with Crippen LogP contribution in [0.3, 0.4) is 0 Å². The first-order chi connectivity index (χ1) is 8.02. The van der Waals surface area contributed by atoms with Gasteiger partial charge in [0.2, 0.25) is 0 Å². The first kappa shape index (κ1) is 13.8. The van der Waals surface area contributed by atoms with Crippen molar-refractivity contribution in [3.05, 3.63) is 28.8 Å². The van der Waals surface area contributed by atoms with Crippen LogP contribution >= 0.6 is 11.6 Å². The number of hydrogen-bond donors (Lipinski definition) is 1. The number of hydrogen-bond acceptors (Lipinski definition) is 2. The second-order valence-corrected chi connectivity index (χ2v) is 4.63. The van der Waals surface area contributed by atoms with E-state index in [-0.39, 0.29) is 12.3 Å². The molecule has 0 aliphatic carbocycles. The lowest BCUT2D eigenvalue weighted by Gasteiger charge is -2.11. The summed E-state index contributed by atoms with van der Waals surface area (Å²) < 4.78 is 5.24. The van der Waals surface area contributed by atoms with Crippen molar-refractivity contribution >= 4 is 17.6 Å². The standard InChI is InChI=1S/C13H17ClO3/c1-9(7-13(15)16)3-4-10-8-11(14)5-6-12(10)17-2/h5-6,8-9H,3-4,7H2,1-2H3,(H,15,16). The summed E-state index contributed by atoms with van der Waals surface area (Å²) in [6, 6.07) is 5.48. The topological polar surface area (TPSA) is 46.5 Å². The third-order valence-electron chi connectivity index (χ3n) is 2.67. The third-order valence-corrected chi connectivity index (χ3v) is 2.91. The molecule has 1 atom stereocenters. The highest BCUT2D eigenvalue weighted by Gasteiger charge is 2.10. The molecule has 1 aromatic rings. The molecule has 94 valence electrons. The lowest BCUT2D eigenvalue weighted by molar-refractivity contribution is -0.138. The summed E-state index contributed by atoms with van der Waals surface area (Å²) in [6.45, 7) is 1.94. The number of carboxylic acid groups (broad SMARTS) is 1. The van der Waals surface area contributed by atoms with Crippen molar-refractivity contribution in [3.8, 4) is 5.75 Å². The Bertz CT molecular complexity index is 390. The van der Waals surface area contributed by atoms with Crippen molar-refractivity contribution in [2.24, 2.45) is 5.92 Å². The van der Waals surface area contributed by atoms with E-state index >= 15 is 0 Å². The van der Waals surface area contributed by atoms with Crippen LogP contribution < -0.4 is 4.74 Å². The number of carboxylic acids is 1. The number of carbonyl (C=O) groups is 1. The molecule has 0 fully saturated rings. The maximum atomic E-state index is 10.6. The van der Waals surface area contributed by atoms with Gasteiger partial charge in [-0.1, -0.05) is 18.5 Å². The molecule has 17 heavy (non-hydrogen) atoms. The van der Waals surface area contributed by atoms with Gasteiger partial charge in [-0.05, 0) is 42.5 Å². The molecule has 1 unspecified atom stereocenters. The molecule has 4 heteroatoms. The molecular weight excluding hydrogens is 240 g/mol. The lowest BCUT2D eigenvalue weighted by Crippen LogP contribution is -2.05. The van der Waals surface area contributed by atoms with E-state index in [2.05, 4.69) is 0 Å². The molecule has 0 heterocycles. The number of aryl methyl sites for hydroxylation is 1. The van der Waals surface area contributed by atoms with Gasteiger partial charge in [0.15, 0.2) is 0 Å². The summed E-state index contributed by atoms with van der Waals surface area (Å²) in [5, 5.41) is 9.35. The fourth-order valence-corrected chi connectivity index (χ4v) is 1.94. The minimum absolute atomic E-state index is 0.149. The summed E-state index contributed by atoms with van der Waals surface area (Å²) in [4.78, 5) is 10.6. The van der Waals surface area contributed by atoms with E-state index in [0.29, 0.717) is 5.02 Å². The molecule has 0 radical (unpaired) electrons. The maximum Gasteiger partial charge on any atom is 0.303 e. The molecule has 0 aliphatic heterocycles. The Labute approximate surface area is 106 Å². The van der Waals surface area contributed by atoms with Gasteiger partial charge in [-0.25, -0.2) is 0 Å². The van der Waals surface area contributed by atoms with Gasteiger partial charge in [0.25, 0.3) is 0 Å². The Kier molecular flexibility index (Phi) is 5.29. The molecular formula is C13H17ClO3. The Morgan fingerprint density at radius 1 is 1.53 bits per heavy atom. The van der Waals surface area contributed by atoms with Crippen molar-refractivity contribution in [2.75, 3.05) is 7.11 Å². The molecule has 0 saturated carbocycles. The fourth-order valence-electron chi connectivity index (χ4n) is 1.74. The van der Waals surface area contributed by atoms with Crippen LogP contribution in [-0.2, 0) is 11.2 Å². The maximum absolute atomic E-state index is 10.6. The molecule has 1 rings (SSSR count). The smallest absolute Gasteiger partial charge is 0.303 e. The summed E-state index contributed by atoms with van der Waals surface area (Å²) in [6.07, 6.45) is 1.78. The van der Waals surface area contributed by atoms with Crippen LogP contribution in [0.1, 0.15) is 25.3 Å². The summed E-state index contributed by atoms with van der Waals surface area (Å²) in [5.41, 5.74) is 1.03. The monoisotopic (exact) mass is 256 g/mol. The molecule has 0 saturated heterocycles. The molecule has 3 nitrogen and oxygen atoms in total. The minimum Gasteiger partial charge on any atom is -0.496 e. The molecule has 0 amide bonds. The zero-order valence-electron chi connectivity index (χ0n) is 10.1. The zero-order chi connectivity index (χ0) is 12.8. The third kappa shape index (κ3) is 4.65. The zero-order valence-corrected chi connectivity index (χ0v) is 10.8. The van der Waals surface area contributed by atoms with Gasteiger partial charge in [-0.15, -0.1) is 0 Å². The Morgan fingerprint density at radius 3 is 2.82 bits per heavy atom. The van der Waals surface area contributed by atoms with E-state index in [1.807, 2.05) is 19.1 Å². The van der Waals surface area contributed by atoms with Crippen molar-refractivity contribution in [2.45, 2.75) is 26.2 Å². The predicted octanol–water partition coefficient (Wildman–Crippen LogP) is 3.39. The number of halogens is 1. The van der Waals surface area contributed by atoms with Crippen LogP contribution in [0.2, 0.25) is 5.02 Å². The average Bonchev–Trinajstić information content (AvgIpc) is 2.25. The van der Waals surface area contributed by atoms with Crippen molar-refractivity contribution in [1.29, 1.82) is 0 Å². The predicted molar refractivity (Wildman–Crippen MR) is 67.7 cm³/mol. The lowest BCUT2D eigenvalue weighted by atomic mass is 9.98. The second-order valence-electron chi connectivity index (χ2n) is 4.20. The van der Waals surface area contributed by atoms with Crippen LogP contribution in [-0.4, -0.2) is 18.2 Å². The molecule has 1 N–H and O–H groups in total. The van der Waals surface area contributed by atoms with Crippen LogP contribution in [0.4, 0.5) is 0 Å². The molecule has 1 aromatic carbocycles. The molecule has 0 spiro atoms. The summed E-state index contributed by atoms with van der Waals surface area (Å²) >= 11 is 5.92. The van der Waals surface area contributed by atoms with Gasteiger partial charge in [0.05, 0.1) is 7.11 Å². The first-order valence-electron chi connectivity index (χ1n) is 5.57. The van der Waals surface area contributed by atoms with Crippen LogP contribution in [0.15, 0.2) is 18.2 Å². The summed E-state index contributed by atoms with van der Waals surface area (Å²) in [7, 11) is 1.62. The normalized spacial score (nSPS) is 12.2. The average molecular weight is 257 g/mol. The van der Waals surface area contributed by atoms with E-state index in [1.54, 1.807) is 13.2 Å². The fraction of sp³-hybridized carbons (Fsp3) is 0.462. The van der Waals surface area contributed by atoms with Crippen LogP contribution in [0, 0.1) is 5.92 Å². The first-order valence-corrected chi connectivity index (χ1v) is 5.95. The van der Waals surface area contributed by atoms with Gasteiger partial charge >= 0.3 is 5.97 Å². The second kappa shape index (κ2) is 6.50. The number of methoxy groups -OCH3 is 1. The van der Waals surface area contributed by atoms with Crippen LogP contribution in [0.25, 0.3) is 0 Å². The highest BCUT2D eigenvalue weighted by Crippen LogP contribution is 2.25. The summed E-state index contributed by atoms with van der Waals surface area (Å²) in [5.74, 6) is 0.198. The number of rotatable bonds is 6. The Morgan fingerprint density at radius 2 is 2.24 bits per heavy atom. The van der Waals surface area contributed by atoms with E-state index in [1.165, 1.54) is 0 Å². The van der Waals surface area contributed by atoms with Gasteiger partial charge in [0, 0.05) is 11.4 Å². The molecule has 0 aliphatic rings. The Hall–Kier alpha value is -1.22. The number of ether oxygens (including phenoxy) is 1. The van der Waals surface area contributed by atoms with Crippen molar-refractivity contribution < 1.29 is 14.6 Å². The van der Waals surface area contributed by atoms with E-state index in [0.717, 1.165) is 24.2 Å². The SMILES string of the molecule is COc1ccc(Cl)cc1CCC(C)CC(=O)O. The Balaban J connectivity index is 2.61. The van der Waals surface area contributed by atoms with Gasteiger partial charge in [-0.3, -0.25) is 4.79 Å². The van der Waals surface area contributed by atoms with E-state index in [9.17, 15) is 4.79 Å². The van der Waals surface area contributed by atoms with Gasteiger partial charge < -0.3 is 9.84 Å².